The number of aliphatic hydroxyl groups is 1. The highest BCUT2D eigenvalue weighted by molar-refractivity contribution is 4.84. The number of piperidine rings is 1. The van der Waals surface area contributed by atoms with E-state index in [0.717, 1.165) is 26.2 Å². The smallest absolute Gasteiger partial charge is 0.0624 e. The van der Waals surface area contributed by atoms with Gasteiger partial charge in [0.15, 0.2) is 0 Å². The standard InChI is InChI=1S/C14H27NO2/c1-3-14(2)5-7-15(8-6-14)10-12-11-17-9-4-13(12)16/h12-13,16H,3-11H2,1-2H3. The quantitative estimate of drug-likeness (QED) is 0.819. The summed E-state index contributed by atoms with van der Waals surface area (Å²) in [7, 11) is 0. The van der Waals surface area contributed by atoms with Crippen molar-refractivity contribution in [1.82, 2.24) is 4.90 Å². The van der Waals surface area contributed by atoms with E-state index in [-0.39, 0.29) is 6.10 Å². The first-order valence-electron chi connectivity index (χ1n) is 7.11. The fourth-order valence-corrected chi connectivity index (χ4v) is 2.92. The van der Waals surface area contributed by atoms with Gasteiger partial charge in [-0.25, -0.2) is 0 Å². The molecule has 0 aromatic heterocycles. The first kappa shape index (κ1) is 13.3. The minimum Gasteiger partial charge on any atom is -0.393 e. The predicted molar refractivity (Wildman–Crippen MR) is 69.0 cm³/mol. The van der Waals surface area contributed by atoms with E-state index in [1.165, 1.54) is 32.4 Å². The van der Waals surface area contributed by atoms with Crippen molar-refractivity contribution in [3.63, 3.8) is 0 Å². The summed E-state index contributed by atoms with van der Waals surface area (Å²) in [6.45, 7) is 9.56. The molecular weight excluding hydrogens is 214 g/mol. The van der Waals surface area contributed by atoms with Crippen molar-refractivity contribution in [1.29, 1.82) is 0 Å². The van der Waals surface area contributed by atoms with Crippen LogP contribution in [0, 0.1) is 11.3 Å². The number of hydrogen-bond acceptors (Lipinski definition) is 3. The Morgan fingerprint density at radius 2 is 2.06 bits per heavy atom. The lowest BCUT2D eigenvalue weighted by Crippen LogP contribution is -2.45. The van der Waals surface area contributed by atoms with Gasteiger partial charge in [-0.1, -0.05) is 20.3 Å². The van der Waals surface area contributed by atoms with Crippen LogP contribution in [0.1, 0.15) is 39.5 Å². The van der Waals surface area contributed by atoms with Gasteiger partial charge in [0.25, 0.3) is 0 Å². The van der Waals surface area contributed by atoms with Crippen molar-refractivity contribution in [2.24, 2.45) is 11.3 Å². The molecule has 0 bridgehead atoms. The number of ether oxygens (including phenoxy) is 1. The van der Waals surface area contributed by atoms with Crippen LogP contribution in [0.15, 0.2) is 0 Å². The summed E-state index contributed by atoms with van der Waals surface area (Å²) < 4.78 is 5.47. The highest BCUT2D eigenvalue weighted by atomic mass is 16.5. The van der Waals surface area contributed by atoms with Crippen LogP contribution in [0.5, 0.6) is 0 Å². The van der Waals surface area contributed by atoms with Crippen molar-refractivity contribution < 1.29 is 9.84 Å². The molecular formula is C14H27NO2. The van der Waals surface area contributed by atoms with Crippen LogP contribution in [0.2, 0.25) is 0 Å². The van der Waals surface area contributed by atoms with E-state index < -0.39 is 0 Å². The highest BCUT2D eigenvalue weighted by Crippen LogP contribution is 2.34. The van der Waals surface area contributed by atoms with Gasteiger partial charge >= 0.3 is 0 Å². The van der Waals surface area contributed by atoms with Crippen LogP contribution in [-0.2, 0) is 4.74 Å². The number of rotatable bonds is 3. The molecule has 0 aromatic rings. The summed E-state index contributed by atoms with van der Waals surface area (Å²) in [6.07, 6.45) is 4.55. The van der Waals surface area contributed by atoms with Gasteiger partial charge in [0.05, 0.1) is 12.7 Å². The van der Waals surface area contributed by atoms with Crippen LogP contribution >= 0.6 is 0 Å². The third-order valence-corrected chi connectivity index (χ3v) is 4.84. The average molecular weight is 241 g/mol. The zero-order valence-corrected chi connectivity index (χ0v) is 11.3. The van der Waals surface area contributed by atoms with Gasteiger partial charge in [-0.3, -0.25) is 0 Å². The first-order valence-corrected chi connectivity index (χ1v) is 7.11. The lowest BCUT2D eigenvalue weighted by atomic mass is 9.78. The second-order valence-electron chi connectivity index (χ2n) is 6.16. The molecule has 2 saturated heterocycles. The van der Waals surface area contributed by atoms with Gasteiger partial charge in [0.1, 0.15) is 0 Å². The molecule has 2 fully saturated rings. The summed E-state index contributed by atoms with van der Waals surface area (Å²) in [4.78, 5) is 2.51. The average Bonchev–Trinajstić information content (AvgIpc) is 2.35. The topological polar surface area (TPSA) is 32.7 Å². The maximum atomic E-state index is 9.94. The van der Waals surface area contributed by atoms with Crippen LogP contribution < -0.4 is 0 Å². The number of aliphatic hydroxyl groups excluding tert-OH is 1. The highest BCUT2D eigenvalue weighted by Gasteiger charge is 2.31. The summed E-state index contributed by atoms with van der Waals surface area (Å²) in [6, 6.07) is 0. The molecule has 0 aliphatic carbocycles. The molecule has 3 nitrogen and oxygen atoms in total. The van der Waals surface area contributed by atoms with E-state index in [9.17, 15) is 5.11 Å². The third kappa shape index (κ3) is 3.43. The maximum absolute atomic E-state index is 9.94. The molecule has 1 N–H and O–H groups in total. The molecule has 2 atom stereocenters. The van der Waals surface area contributed by atoms with Crippen molar-refractivity contribution in [2.45, 2.75) is 45.6 Å². The minimum absolute atomic E-state index is 0.150. The predicted octanol–water partition coefficient (Wildman–Crippen LogP) is 1.90. The Hall–Kier alpha value is -0.120. The Kier molecular flexibility index (Phi) is 4.45. The molecule has 2 heterocycles. The van der Waals surface area contributed by atoms with Gasteiger partial charge in [-0.15, -0.1) is 0 Å². The Bertz CT molecular complexity index is 236. The van der Waals surface area contributed by atoms with Crippen LogP contribution in [0.4, 0.5) is 0 Å². The van der Waals surface area contributed by atoms with Crippen LogP contribution in [0.25, 0.3) is 0 Å². The van der Waals surface area contributed by atoms with E-state index in [1.54, 1.807) is 0 Å². The van der Waals surface area contributed by atoms with E-state index in [0.29, 0.717) is 11.3 Å². The monoisotopic (exact) mass is 241 g/mol. The second-order valence-corrected chi connectivity index (χ2v) is 6.16. The Balaban J connectivity index is 1.77. The summed E-state index contributed by atoms with van der Waals surface area (Å²) in [5.41, 5.74) is 0.554. The maximum Gasteiger partial charge on any atom is 0.0624 e. The summed E-state index contributed by atoms with van der Waals surface area (Å²) >= 11 is 0. The number of hydrogen-bond donors (Lipinski definition) is 1. The molecule has 3 heteroatoms. The molecule has 0 saturated carbocycles. The molecule has 100 valence electrons. The molecule has 0 spiro atoms. The van der Waals surface area contributed by atoms with E-state index >= 15 is 0 Å². The van der Waals surface area contributed by atoms with Crippen molar-refractivity contribution in [2.75, 3.05) is 32.8 Å². The molecule has 2 aliphatic rings. The van der Waals surface area contributed by atoms with Gasteiger partial charge in [0, 0.05) is 19.1 Å². The van der Waals surface area contributed by atoms with E-state index in [1.807, 2.05) is 0 Å². The number of nitrogens with zero attached hydrogens (tertiary/aromatic N) is 1. The Morgan fingerprint density at radius 3 is 2.65 bits per heavy atom. The van der Waals surface area contributed by atoms with Crippen molar-refractivity contribution in [3.8, 4) is 0 Å². The van der Waals surface area contributed by atoms with Crippen molar-refractivity contribution >= 4 is 0 Å². The molecule has 0 aromatic carbocycles. The van der Waals surface area contributed by atoms with Gasteiger partial charge in [0.2, 0.25) is 0 Å². The molecule has 17 heavy (non-hydrogen) atoms. The fraction of sp³-hybridized carbons (Fsp3) is 1.00. The molecule has 0 amide bonds. The molecule has 0 radical (unpaired) electrons. The summed E-state index contributed by atoms with van der Waals surface area (Å²) in [5.74, 6) is 0.328. The largest absolute Gasteiger partial charge is 0.393 e. The lowest BCUT2D eigenvalue weighted by Gasteiger charge is -2.41. The van der Waals surface area contributed by atoms with Gasteiger partial charge in [-0.2, -0.15) is 0 Å². The van der Waals surface area contributed by atoms with Gasteiger partial charge in [-0.05, 0) is 37.8 Å². The van der Waals surface area contributed by atoms with Crippen LogP contribution in [-0.4, -0.2) is 49.0 Å². The van der Waals surface area contributed by atoms with Crippen molar-refractivity contribution in [3.05, 3.63) is 0 Å². The Morgan fingerprint density at radius 1 is 1.35 bits per heavy atom. The lowest BCUT2D eigenvalue weighted by molar-refractivity contribution is -0.0513. The van der Waals surface area contributed by atoms with Gasteiger partial charge < -0.3 is 14.7 Å². The zero-order valence-electron chi connectivity index (χ0n) is 11.3. The zero-order chi connectivity index (χ0) is 12.3. The molecule has 2 unspecified atom stereocenters. The number of likely N-dealkylation sites (tertiary alicyclic amines) is 1. The second kappa shape index (κ2) is 5.68. The van der Waals surface area contributed by atoms with E-state index in [2.05, 4.69) is 18.7 Å². The normalized spacial score (nSPS) is 34.8. The fourth-order valence-electron chi connectivity index (χ4n) is 2.92. The molecule has 2 aliphatic heterocycles. The molecule has 2 rings (SSSR count). The first-order chi connectivity index (χ1) is 8.13. The van der Waals surface area contributed by atoms with E-state index in [4.69, 9.17) is 4.74 Å². The summed E-state index contributed by atoms with van der Waals surface area (Å²) in [5, 5.41) is 9.94. The SMILES string of the molecule is CCC1(C)CCN(CC2COCCC2O)CC1. The Labute approximate surface area is 105 Å². The van der Waals surface area contributed by atoms with Crippen LogP contribution in [0.3, 0.4) is 0 Å². The third-order valence-electron chi connectivity index (χ3n) is 4.84. The minimum atomic E-state index is -0.150.